The Kier molecular flexibility index (Phi) is 6.82. The number of rotatable bonds is 5. The maximum Gasteiger partial charge on any atom is 0.289 e. The predicted octanol–water partition coefficient (Wildman–Crippen LogP) is 8.22. The summed E-state index contributed by atoms with van der Waals surface area (Å²) in [5.74, 6) is 0.534. The number of nitrogens with zero attached hydrogens (tertiary/aromatic N) is 3. The Morgan fingerprint density at radius 3 is 2.29 bits per heavy atom. The molecular formula is C31H23ClN4OS. The van der Waals surface area contributed by atoms with Gasteiger partial charge in [-0.25, -0.2) is 4.99 Å². The van der Waals surface area contributed by atoms with E-state index in [0.717, 1.165) is 51.3 Å². The second-order valence-corrected chi connectivity index (χ2v) is 10.4. The molecule has 0 radical (unpaired) electrons. The van der Waals surface area contributed by atoms with Crippen molar-refractivity contribution >= 4 is 57.6 Å². The molecule has 4 aromatic carbocycles. The normalized spacial score (nSPS) is 19.2. The van der Waals surface area contributed by atoms with Crippen LogP contribution in [0.2, 0.25) is 5.02 Å². The van der Waals surface area contributed by atoms with Crippen LogP contribution in [0.25, 0.3) is 6.08 Å². The van der Waals surface area contributed by atoms with Crippen molar-refractivity contribution < 1.29 is 4.79 Å². The van der Waals surface area contributed by atoms with Gasteiger partial charge in [0.2, 0.25) is 0 Å². The third-order valence-electron chi connectivity index (χ3n) is 6.38. The summed E-state index contributed by atoms with van der Waals surface area (Å²) in [5, 5.41) is 10.5. The molecule has 0 bridgehead atoms. The van der Waals surface area contributed by atoms with Crippen molar-refractivity contribution in [3.8, 4) is 0 Å². The van der Waals surface area contributed by atoms with Crippen LogP contribution < -0.4 is 10.3 Å². The fraction of sp³-hybridized carbons (Fsp3) is 0.0645. The molecule has 5 nitrogen and oxygen atoms in total. The number of amidine groups is 1. The number of hydrogen-bond acceptors (Lipinski definition) is 5. The molecule has 0 aromatic heterocycles. The van der Waals surface area contributed by atoms with Crippen LogP contribution in [0.3, 0.4) is 0 Å². The van der Waals surface area contributed by atoms with E-state index in [0.29, 0.717) is 10.9 Å². The van der Waals surface area contributed by atoms with E-state index in [1.807, 2.05) is 54.6 Å². The van der Waals surface area contributed by atoms with Gasteiger partial charge in [-0.3, -0.25) is 9.80 Å². The molecule has 1 amide bonds. The van der Waals surface area contributed by atoms with Crippen molar-refractivity contribution in [3.05, 3.63) is 136 Å². The first-order valence-corrected chi connectivity index (χ1v) is 13.4. The van der Waals surface area contributed by atoms with Gasteiger partial charge in [0.15, 0.2) is 0 Å². The van der Waals surface area contributed by atoms with E-state index < -0.39 is 0 Å². The third kappa shape index (κ3) is 5.28. The number of halogens is 1. The van der Waals surface area contributed by atoms with Crippen LogP contribution in [0.1, 0.15) is 29.2 Å². The first-order valence-electron chi connectivity index (χ1n) is 12.2. The highest BCUT2D eigenvalue weighted by molar-refractivity contribution is 8.18. The molecular weight excluding hydrogens is 512 g/mol. The molecule has 1 saturated heterocycles. The zero-order valence-corrected chi connectivity index (χ0v) is 21.9. The molecule has 0 aliphatic carbocycles. The predicted molar refractivity (Wildman–Crippen MR) is 158 cm³/mol. The number of aliphatic imine (C=N–C) groups is 1. The zero-order chi connectivity index (χ0) is 25.9. The molecule has 1 fully saturated rings. The molecule has 4 aromatic rings. The van der Waals surface area contributed by atoms with Crippen molar-refractivity contribution in [2.75, 3.05) is 5.01 Å². The van der Waals surface area contributed by atoms with Crippen molar-refractivity contribution in [1.29, 1.82) is 0 Å². The number of hydrazone groups is 1. The molecule has 7 heteroatoms. The number of hydrogen-bond donors (Lipinski definition) is 1. The second-order valence-electron chi connectivity index (χ2n) is 8.94. The molecule has 0 saturated carbocycles. The number of thioether (sulfide) groups is 1. The smallest absolute Gasteiger partial charge is 0.289 e. The monoisotopic (exact) mass is 534 g/mol. The Morgan fingerprint density at radius 2 is 1.58 bits per heavy atom. The minimum absolute atomic E-state index is 0.112. The minimum Gasteiger partial charge on any atom is -0.300 e. The number of amides is 1. The molecule has 186 valence electrons. The van der Waals surface area contributed by atoms with Gasteiger partial charge in [-0.2, -0.15) is 5.10 Å². The van der Waals surface area contributed by atoms with Gasteiger partial charge < -0.3 is 5.32 Å². The van der Waals surface area contributed by atoms with Gasteiger partial charge in [-0.05, 0) is 70.9 Å². The molecule has 1 unspecified atom stereocenters. The van der Waals surface area contributed by atoms with Gasteiger partial charge in [-0.15, -0.1) is 0 Å². The molecule has 6 rings (SSSR count). The van der Waals surface area contributed by atoms with Gasteiger partial charge in [0, 0.05) is 11.4 Å². The highest BCUT2D eigenvalue weighted by Gasteiger charge is 2.30. The van der Waals surface area contributed by atoms with Crippen LogP contribution in [-0.4, -0.2) is 16.8 Å². The summed E-state index contributed by atoms with van der Waals surface area (Å²) in [6.45, 7) is 0. The quantitative estimate of drug-likeness (QED) is 0.280. The van der Waals surface area contributed by atoms with Crippen LogP contribution in [0.5, 0.6) is 0 Å². The lowest BCUT2D eigenvalue weighted by atomic mass is 9.98. The summed E-state index contributed by atoms with van der Waals surface area (Å²) in [4.78, 5) is 17.5. The number of carbonyl (C=O) groups is 1. The SMILES string of the molecule is O=C1NC(=Nc2ccc(Cl)cc2)C(=Cc2ccc(N3N=C(c4ccccc4)CC3c3ccccc3)cc2)S1. The highest BCUT2D eigenvalue weighted by atomic mass is 35.5. The van der Waals surface area contributed by atoms with Gasteiger partial charge in [0.05, 0.1) is 28.0 Å². The maximum atomic E-state index is 12.1. The average Bonchev–Trinajstić information content (AvgIpc) is 3.55. The van der Waals surface area contributed by atoms with E-state index in [-0.39, 0.29) is 11.3 Å². The molecule has 2 aliphatic rings. The summed E-state index contributed by atoms with van der Waals surface area (Å²) in [6, 6.07) is 36.4. The van der Waals surface area contributed by atoms with Crippen LogP contribution in [0.4, 0.5) is 16.2 Å². The van der Waals surface area contributed by atoms with Crippen molar-refractivity contribution in [2.45, 2.75) is 12.5 Å². The summed E-state index contributed by atoms with van der Waals surface area (Å²) in [7, 11) is 0. The largest absolute Gasteiger partial charge is 0.300 e. The summed E-state index contributed by atoms with van der Waals surface area (Å²) < 4.78 is 0. The van der Waals surface area contributed by atoms with E-state index in [9.17, 15) is 4.79 Å². The fourth-order valence-corrected chi connectivity index (χ4v) is 5.38. The average molecular weight is 535 g/mol. The maximum absolute atomic E-state index is 12.1. The third-order valence-corrected chi connectivity index (χ3v) is 7.45. The summed E-state index contributed by atoms with van der Waals surface area (Å²) >= 11 is 7.12. The Labute approximate surface area is 230 Å². The van der Waals surface area contributed by atoms with E-state index in [4.69, 9.17) is 16.7 Å². The topological polar surface area (TPSA) is 57.1 Å². The molecule has 0 spiro atoms. The van der Waals surface area contributed by atoms with Crippen LogP contribution in [0.15, 0.2) is 124 Å². The Morgan fingerprint density at radius 1 is 0.895 bits per heavy atom. The standard InChI is InChI=1S/C31H23ClN4OS/c32-24-13-15-25(16-14-24)33-30-29(38-31(37)34-30)19-21-11-17-26(18-12-21)36-28(23-9-5-2-6-10-23)20-27(35-36)22-7-3-1-4-8-22/h1-19,28H,20H2,(H,33,34,37). The van der Waals surface area contributed by atoms with Gasteiger partial charge in [0.25, 0.3) is 5.24 Å². The Balaban J connectivity index is 1.29. The van der Waals surface area contributed by atoms with Gasteiger partial charge in [-0.1, -0.05) is 84.4 Å². The molecule has 1 atom stereocenters. The number of nitrogens with one attached hydrogen (secondary N) is 1. The van der Waals surface area contributed by atoms with Gasteiger partial charge in [0.1, 0.15) is 5.84 Å². The number of benzene rings is 4. The number of anilines is 1. The molecule has 1 N–H and O–H groups in total. The highest BCUT2D eigenvalue weighted by Crippen LogP contribution is 2.37. The number of carbonyl (C=O) groups excluding carboxylic acids is 1. The fourth-order valence-electron chi connectivity index (χ4n) is 4.52. The van der Waals surface area contributed by atoms with Crippen LogP contribution in [0, 0.1) is 0 Å². The Hall–Kier alpha value is -4.13. The van der Waals surface area contributed by atoms with E-state index in [1.54, 1.807) is 12.1 Å². The summed E-state index contributed by atoms with van der Waals surface area (Å²) in [5.41, 5.74) is 6.14. The first kappa shape index (κ1) is 24.2. The van der Waals surface area contributed by atoms with Gasteiger partial charge >= 0.3 is 0 Å². The van der Waals surface area contributed by atoms with Crippen molar-refractivity contribution in [1.82, 2.24) is 5.32 Å². The van der Waals surface area contributed by atoms with Crippen LogP contribution in [-0.2, 0) is 0 Å². The van der Waals surface area contributed by atoms with E-state index in [1.165, 1.54) is 5.56 Å². The lowest BCUT2D eigenvalue weighted by molar-refractivity contribution is 0.265. The molecule has 38 heavy (non-hydrogen) atoms. The van der Waals surface area contributed by atoms with E-state index >= 15 is 0 Å². The van der Waals surface area contributed by atoms with Crippen LogP contribution >= 0.6 is 23.4 Å². The lowest BCUT2D eigenvalue weighted by Gasteiger charge is -2.24. The molecule has 2 aliphatic heterocycles. The van der Waals surface area contributed by atoms with Crippen molar-refractivity contribution in [2.24, 2.45) is 10.1 Å². The summed E-state index contributed by atoms with van der Waals surface area (Å²) in [6.07, 6.45) is 2.80. The minimum atomic E-state index is -0.147. The molecule has 2 heterocycles. The second kappa shape index (κ2) is 10.7. The van der Waals surface area contributed by atoms with Crippen molar-refractivity contribution in [3.63, 3.8) is 0 Å². The van der Waals surface area contributed by atoms with E-state index in [2.05, 4.69) is 63.8 Å². The Bertz CT molecular complexity index is 1550. The zero-order valence-electron chi connectivity index (χ0n) is 20.3. The lowest BCUT2D eigenvalue weighted by Crippen LogP contribution is -2.18. The first-order chi connectivity index (χ1) is 18.6.